The predicted octanol–water partition coefficient (Wildman–Crippen LogP) is 0.797. The van der Waals surface area contributed by atoms with Crippen molar-refractivity contribution in [3.8, 4) is 0 Å². The van der Waals surface area contributed by atoms with Gasteiger partial charge in [-0.2, -0.15) is 0 Å². The molecule has 0 saturated carbocycles. The lowest BCUT2D eigenvalue weighted by Crippen LogP contribution is -2.25. The molecule has 0 aliphatic carbocycles. The molecule has 4 N–H and O–H groups in total. The maximum Gasteiger partial charge on any atom is 0.0494 e. The van der Waals surface area contributed by atoms with E-state index in [0.29, 0.717) is 0 Å². The van der Waals surface area contributed by atoms with Gasteiger partial charge in [-0.3, -0.25) is 0 Å². The summed E-state index contributed by atoms with van der Waals surface area (Å²) < 4.78 is 0. The van der Waals surface area contributed by atoms with Crippen molar-refractivity contribution < 1.29 is 20.4 Å². The Balaban J connectivity index is 5.66. The lowest BCUT2D eigenvalue weighted by atomic mass is 9.78. The number of aliphatic hydroxyl groups is 4. The molecule has 0 spiro atoms. The van der Waals surface area contributed by atoms with Crippen LogP contribution in [0, 0.1) is 23.7 Å². The first-order valence-corrected chi connectivity index (χ1v) is 6.61. The van der Waals surface area contributed by atoms with E-state index in [1.807, 2.05) is 27.7 Å². The molecule has 0 amide bonds. The lowest BCUT2D eigenvalue weighted by Gasteiger charge is -2.30. The normalized spacial score (nSPS) is 18.0. The van der Waals surface area contributed by atoms with Gasteiger partial charge >= 0.3 is 0 Å². The number of hydrogen-bond donors (Lipinski definition) is 4. The highest BCUT2D eigenvalue weighted by atomic mass is 16.3. The second-order valence-corrected chi connectivity index (χ2v) is 5.25. The van der Waals surface area contributed by atoms with Crippen LogP contribution in [0.2, 0.25) is 0 Å². The molecule has 0 aromatic rings. The summed E-state index contributed by atoms with van der Waals surface area (Å²) in [7, 11) is 0. The topological polar surface area (TPSA) is 80.9 Å². The summed E-state index contributed by atoms with van der Waals surface area (Å²) in [5.41, 5.74) is 1.92. The summed E-state index contributed by atoms with van der Waals surface area (Å²) in [6, 6.07) is 0. The van der Waals surface area contributed by atoms with Crippen LogP contribution in [0.25, 0.3) is 0 Å². The third kappa shape index (κ3) is 4.35. The van der Waals surface area contributed by atoms with Crippen LogP contribution in [-0.2, 0) is 0 Å². The highest BCUT2D eigenvalue weighted by Gasteiger charge is 2.25. The Morgan fingerprint density at radius 1 is 0.556 bits per heavy atom. The fourth-order valence-corrected chi connectivity index (χ4v) is 2.50. The third-order valence-corrected chi connectivity index (χ3v) is 3.55. The van der Waals surface area contributed by atoms with Crippen LogP contribution in [-0.4, -0.2) is 46.9 Å². The largest absolute Gasteiger partial charge is 0.396 e. The molecule has 0 heterocycles. The number of rotatable bonds is 8. The molecule has 4 atom stereocenters. The molecule has 0 aromatic carbocycles. The Labute approximate surface area is 110 Å². The fraction of sp³-hybridized carbons (Fsp3) is 0.857. The van der Waals surface area contributed by atoms with Gasteiger partial charge in [0.2, 0.25) is 0 Å². The Hall–Kier alpha value is -0.420. The van der Waals surface area contributed by atoms with E-state index in [1.165, 1.54) is 0 Å². The molecular weight excluding hydrogens is 232 g/mol. The molecule has 0 aliphatic rings. The first-order valence-electron chi connectivity index (χ1n) is 6.61. The first-order chi connectivity index (χ1) is 8.44. The summed E-state index contributed by atoms with van der Waals surface area (Å²) >= 11 is 0. The van der Waals surface area contributed by atoms with Crippen LogP contribution in [0.5, 0.6) is 0 Å². The van der Waals surface area contributed by atoms with E-state index in [0.717, 1.165) is 11.1 Å². The van der Waals surface area contributed by atoms with Crippen molar-refractivity contribution in [1.82, 2.24) is 0 Å². The van der Waals surface area contributed by atoms with Crippen LogP contribution >= 0.6 is 0 Å². The lowest BCUT2D eigenvalue weighted by molar-refractivity contribution is 0.197. The highest BCUT2D eigenvalue weighted by Crippen LogP contribution is 2.32. The van der Waals surface area contributed by atoms with Crippen molar-refractivity contribution in [2.45, 2.75) is 27.7 Å². The second kappa shape index (κ2) is 8.64. The van der Waals surface area contributed by atoms with Crippen LogP contribution < -0.4 is 0 Å². The third-order valence-electron chi connectivity index (χ3n) is 3.55. The Kier molecular flexibility index (Phi) is 8.44. The van der Waals surface area contributed by atoms with Crippen LogP contribution in [0.1, 0.15) is 27.7 Å². The van der Waals surface area contributed by atoms with Crippen molar-refractivity contribution in [1.29, 1.82) is 0 Å². The van der Waals surface area contributed by atoms with Gasteiger partial charge in [-0.05, 0) is 0 Å². The summed E-state index contributed by atoms with van der Waals surface area (Å²) in [5.74, 6) is -0.314. The minimum atomic E-state index is -0.0786. The molecule has 0 aromatic heterocycles. The summed E-state index contributed by atoms with van der Waals surface area (Å²) in [6.45, 7) is 7.59. The molecule has 108 valence electrons. The van der Waals surface area contributed by atoms with Crippen molar-refractivity contribution >= 4 is 0 Å². The molecule has 0 fully saturated rings. The zero-order valence-electron chi connectivity index (χ0n) is 11.9. The predicted molar refractivity (Wildman–Crippen MR) is 72.0 cm³/mol. The van der Waals surface area contributed by atoms with E-state index < -0.39 is 0 Å². The Morgan fingerprint density at radius 3 is 0.833 bits per heavy atom. The first kappa shape index (κ1) is 17.6. The van der Waals surface area contributed by atoms with Gasteiger partial charge < -0.3 is 20.4 Å². The minimum absolute atomic E-state index is 0.000525. The highest BCUT2D eigenvalue weighted by molar-refractivity contribution is 5.24. The van der Waals surface area contributed by atoms with E-state index in [4.69, 9.17) is 0 Å². The standard InChI is InChI=1S/C14H28O4/c1-9(5-15)13(10(2)6-16)14(11(3)7-17)12(4)8-18/h9-12,15-18H,5-8H2,1-4H3. The van der Waals surface area contributed by atoms with Gasteiger partial charge in [0.1, 0.15) is 0 Å². The molecule has 4 unspecified atom stereocenters. The second-order valence-electron chi connectivity index (χ2n) is 5.25. The van der Waals surface area contributed by atoms with Crippen LogP contribution in [0.3, 0.4) is 0 Å². The molecule has 0 radical (unpaired) electrons. The van der Waals surface area contributed by atoms with Gasteiger partial charge in [0.25, 0.3) is 0 Å². The number of aliphatic hydroxyl groups excluding tert-OH is 4. The average Bonchev–Trinajstić information content (AvgIpc) is 2.41. The maximum atomic E-state index is 9.37. The maximum absolute atomic E-state index is 9.37. The zero-order valence-corrected chi connectivity index (χ0v) is 11.9. The van der Waals surface area contributed by atoms with Gasteiger partial charge in [0, 0.05) is 50.1 Å². The summed E-state index contributed by atoms with van der Waals surface area (Å²) in [4.78, 5) is 0. The monoisotopic (exact) mass is 260 g/mol. The molecule has 18 heavy (non-hydrogen) atoms. The minimum Gasteiger partial charge on any atom is -0.396 e. The van der Waals surface area contributed by atoms with E-state index in [-0.39, 0.29) is 50.1 Å². The molecule has 4 nitrogen and oxygen atoms in total. The molecule has 0 aliphatic heterocycles. The molecule has 4 heteroatoms. The van der Waals surface area contributed by atoms with Crippen molar-refractivity contribution in [3.05, 3.63) is 11.1 Å². The van der Waals surface area contributed by atoms with E-state index in [1.54, 1.807) is 0 Å². The van der Waals surface area contributed by atoms with Crippen LogP contribution in [0.4, 0.5) is 0 Å². The van der Waals surface area contributed by atoms with Gasteiger partial charge in [-0.1, -0.05) is 38.8 Å². The quantitative estimate of drug-likeness (QED) is 0.487. The number of hydrogen-bond acceptors (Lipinski definition) is 4. The SMILES string of the molecule is CC(CO)C(=C(C(C)CO)C(C)CO)C(C)CO. The van der Waals surface area contributed by atoms with Gasteiger partial charge in [-0.15, -0.1) is 0 Å². The van der Waals surface area contributed by atoms with Crippen molar-refractivity contribution in [3.63, 3.8) is 0 Å². The fourth-order valence-electron chi connectivity index (χ4n) is 2.50. The molecule has 0 saturated heterocycles. The van der Waals surface area contributed by atoms with E-state index in [9.17, 15) is 20.4 Å². The van der Waals surface area contributed by atoms with Crippen molar-refractivity contribution in [2.24, 2.45) is 23.7 Å². The Morgan fingerprint density at radius 2 is 0.722 bits per heavy atom. The molecule has 0 bridgehead atoms. The van der Waals surface area contributed by atoms with Gasteiger partial charge in [0.05, 0.1) is 0 Å². The van der Waals surface area contributed by atoms with E-state index >= 15 is 0 Å². The molecular formula is C14H28O4. The molecule has 0 rings (SSSR count). The van der Waals surface area contributed by atoms with Crippen LogP contribution in [0.15, 0.2) is 11.1 Å². The van der Waals surface area contributed by atoms with E-state index in [2.05, 4.69) is 0 Å². The summed E-state index contributed by atoms with van der Waals surface area (Å²) in [6.07, 6.45) is 0. The average molecular weight is 260 g/mol. The zero-order chi connectivity index (χ0) is 14.3. The smallest absolute Gasteiger partial charge is 0.0494 e. The van der Waals surface area contributed by atoms with Crippen molar-refractivity contribution in [2.75, 3.05) is 26.4 Å². The summed E-state index contributed by atoms with van der Waals surface area (Å²) in [5, 5.41) is 37.5. The van der Waals surface area contributed by atoms with Gasteiger partial charge in [0.15, 0.2) is 0 Å². The van der Waals surface area contributed by atoms with Gasteiger partial charge in [-0.25, -0.2) is 0 Å². The Bertz CT molecular complexity index is 213.